The van der Waals surface area contributed by atoms with Crippen LogP contribution in [0.1, 0.15) is 49.8 Å². The van der Waals surface area contributed by atoms with Gasteiger partial charge in [0.25, 0.3) is 0 Å². The number of nitrogens with one attached hydrogen (secondary N) is 1. The van der Waals surface area contributed by atoms with Crippen LogP contribution < -0.4 is 5.32 Å². The van der Waals surface area contributed by atoms with Gasteiger partial charge in [-0.1, -0.05) is 31.2 Å². The van der Waals surface area contributed by atoms with Crippen LogP contribution in [0.25, 0.3) is 0 Å². The topological polar surface area (TPSA) is 61.8 Å². The van der Waals surface area contributed by atoms with E-state index >= 15 is 0 Å². The molecule has 1 aliphatic carbocycles. The van der Waals surface area contributed by atoms with E-state index in [1.165, 1.54) is 11.1 Å². The quantitative estimate of drug-likeness (QED) is 0.827. The second-order valence-corrected chi connectivity index (χ2v) is 7.69. The van der Waals surface area contributed by atoms with Gasteiger partial charge in [-0.3, -0.25) is 0 Å². The average molecular weight is 346 g/mol. The first-order chi connectivity index (χ1) is 12.0. The Labute approximate surface area is 150 Å². The third-order valence-electron chi connectivity index (χ3n) is 5.65. The van der Waals surface area contributed by atoms with E-state index in [1.54, 1.807) is 11.9 Å². The fourth-order valence-corrected chi connectivity index (χ4v) is 4.04. The molecule has 25 heavy (non-hydrogen) atoms. The average Bonchev–Trinajstić information content (AvgIpc) is 2.74. The molecule has 5 heteroatoms. The van der Waals surface area contributed by atoms with E-state index in [2.05, 4.69) is 30.4 Å². The van der Waals surface area contributed by atoms with Crippen molar-refractivity contribution < 1.29 is 14.6 Å². The number of aryl methyl sites for hydroxylation is 1. The molecule has 2 aliphatic rings. The lowest BCUT2D eigenvalue weighted by atomic mass is 9.92. The molecule has 0 bridgehead atoms. The molecular formula is C20H30N2O3. The molecule has 2 unspecified atom stereocenters. The molecule has 0 aromatic heterocycles. The van der Waals surface area contributed by atoms with E-state index in [0.717, 1.165) is 19.3 Å². The maximum absolute atomic E-state index is 12.8. The minimum atomic E-state index is -0.836. The molecule has 5 nitrogen and oxygen atoms in total. The second kappa shape index (κ2) is 7.75. The van der Waals surface area contributed by atoms with Gasteiger partial charge < -0.3 is 20.1 Å². The SMILES string of the molecule is CC1CCCc2ccccc2C1NC(=O)N(C)CC1(O)CCOCC1. The Morgan fingerprint density at radius 1 is 1.36 bits per heavy atom. The van der Waals surface area contributed by atoms with Gasteiger partial charge in [-0.25, -0.2) is 4.79 Å². The van der Waals surface area contributed by atoms with Crippen LogP contribution in [-0.4, -0.2) is 48.4 Å². The summed E-state index contributed by atoms with van der Waals surface area (Å²) in [5.74, 6) is 0.396. The number of carbonyl (C=O) groups is 1. The van der Waals surface area contributed by atoms with Gasteiger partial charge in [-0.05, 0) is 36.3 Å². The Kier molecular flexibility index (Phi) is 5.64. The number of rotatable bonds is 3. The van der Waals surface area contributed by atoms with Gasteiger partial charge in [-0.2, -0.15) is 0 Å². The molecule has 1 heterocycles. The van der Waals surface area contributed by atoms with Gasteiger partial charge in [0.15, 0.2) is 0 Å². The van der Waals surface area contributed by atoms with Crippen molar-refractivity contribution in [3.8, 4) is 0 Å². The molecule has 1 fully saturated rings. The van der Waals surface area contributed by atoms with Gasteiger partial charge in [-0.15, -0.1) is 0 Å². The Morgan fingerprint density at radius 3 is 2.84 bits per heavy atom. The number of nitrogens with zero attached hydrogens (tertiary/aromatic N) is 1. The van der Waals surface area contributed by atoms with Crippen molar-refractivity contribution in [2.45, 2.75) is 50.7 Å². The lowest BCUT2D eigenvalue weighted by Crippen LogP contribution is -2.50. The Hall–Kier alpha value is -1.59. The zero-order chi connectivity index (χ0) is 17.9. The summed E-state index contributed by atoms with van der Waals surface area (Å²) in [5, 5.41) is 13.9. The van der Waals surface area contributed by atoms with Crippen LogP contribution in [0.15, 0.2) is 24.3 Å². The molecule has 2 amide bonds. The summed E-state index contributed by atoms with van der Waals surface area (Å²) in [5.41, 5.74) is 1.74. The van der Waals surface area contributed by atoms with Crippen LogP contribution in [0.3, 0.4) is 0 Å². The maximum atomic E-state index is 12.8. The number of hydrogen-bond acceptors (Lipinski definition) is 3. The smallest absolute Gasteiger partial charge is 0.317 e. The number of amides is 2. The summed E-state index contributed by atoms with van der Waals surface area (Å²) in [4.78, 5) is 14.4. The third-order valence-corrected chi connectivity index (χ3v) is 5.65. The minimum Gasteiger partial charge on any atom is -0.388 e. The molecule has 2 N–H and O–H groups in total. The summed E-state index contributed by atoms with van der Waals surface area (Å²) in [6, 6.07) is 8.33. The number of hydrogen-bond donors (Lipinski definition) is 2. The maximum Gasteiger partial charge on any atom is 0.317 e. The summed E-state index contributed by atoms with van der Waals surface area (Å²) in [6.07, 6.45) is 4.48. The predicted molar refractivity (Wildman–Crippen MR) is 97.4 cm³/mol. The number of likely N-dealkylation sites (N-methyl/N-ethyl adjacent to an activating group) is 1. The fraction of sp³-hybridized carbons (Fsp3) is 0.650. The highest BCUT2D eigenvalue weighted by Crippen LogP contribution is 2.33. The largest absolute Gasteiger partial charge is 0.388 e. The molecule has 1 aromatic rings. The summed E-state index contributed by atoms with van der Waals surface area (Å²) in [6.45, 7) is 3.65. The molecule has 0 spiro atoms. The van der Waals surface area contributed by atoms with Crippen molar-refractivity contribution in [2.75, 3.05) is 26.8 Å². The molecular weight excluding hydrogens is 316 g/mol. The first-order valence-corrected chi connectivity index (χ1v) is 9.38. The first-order valence-electron chi connectivity index (χ1n) is 9.38. The fourth-order valence-electron chi connectivity index (χ4n) is 4.04. The Balaban J connectivity index is 1.68. The first kappa shape index (κ1) is 18.2. The number of ether oxygens (including phenoxy) is 1. The van der Waals surface area contributed by atoms with Crippen LogP contribution in [0.2, 0.25) is 0 Å². The molecule has 138 valence electrons. The summed E-state index contributed by atoms with van der Waals surface area (Å²) < 4.78 is 5.32. The normalized spacial score (nSPS) is 25.6. The number of carbonyl (C=O) groups excluding carboxylic acids is 1. The molecule has 0 saturated carbocycles. The van der Waals surface area contributed by atoms with Crippen LogP contribution in [0, 0.1) is 5.92 Å². The van der Waals surface area contributed by atoms with E-state index in [1.807, 2.05) is 6.07 Å². The lowest BCUT2D eigenvalue weighted by molar-refractivity contribution is -0.0723. The molecule has 1 aliphatic heterocycles. The van der Waals surface area contributed by atoms with Crippen LogP contribution in [0.4, 0.5) is 4.79 Å². The zero-order valence-corrected chi connectivity index (χ0v) is 15.3. The van der Waals surface area contributed by atoms with Crippen molar-refractivity contribution >= 4 is 6.03 Å². The molecule has 0 radical (unpaired) electrons. The number of aliphatic hydroxyl groups is 1. The van der Waals surface area contributed by atoms with Crippen LogP contribution in [-0.2, 0) is 11.2 Å². The van der Waals surface area contributed by atoms with Crippen molar-refractivity contribution in [1.82, 2.24) is 10.2 Å². The van der Waals surface area contributed by atoms with E-state index < -0.39 is 5.60 Å². The highest BCUT2D eigenvalue weighted by Gasteiger charge is 2.33. The van der Waals surface area contributed by atoms with Gasteiger partial charge in [0, 0.05) is 33.1 Å². The van der Waals surface area contributed by atoms with E-state index in [-0.39, 0.29) is 12.1 Å². The highest BCUT2D eigenvalue weighted by atomic mass is 16.5. The predicted octanol–water partition coefficient (Wildman–Crippen LogP) is 2.88. The molecule has 1 aromatic carbocycles. The number of urea groups is 1. The van der Waals surface area contributed by atoms with E-state index in [0.29, 0.717) is 38.5 Å². The standard InChI is InChI=1S/C20H30N2O3/c1-15-6-5-8-16-7-3-4-9-17(16)18(15)21-19(23)22(2)14-20(24)10-12-25-13-11-20/h3-4,7,9,15,18,24H,5-6,8,10-14H2,1-2H3,(H,21,23). The van der Waals surface area contributed by atoms with Gasteiger partial charge >= 0.3 is 6.03 Å². The summed E-state index contributed by atoms with van der Waals surface area (Å²) in [7, 11) is 1.76. The number of benzene rings is 1. The highest BCUT2D eigenvalue weighted by molar-refractivity contribution is 5.74. The minimum absolute atomic E-state index is 0.0259. The van der Waals surface area contributed by atoms with Crippen LogP contribution in [0.5, 0.6) is 0 Å². The van der Waals surface area contributed by atoms with Crippen molar-refractivity contribution in [2.24, 2.45) is 5.92 Å². The Bertz CT molecular complexity index is 598. The molecule has 3 rings (SSSR count). The summed E-state index contributed by atoms with van der Waals surface area (Å²) >= 11 is 0. The lowest BCUT2D eigenvalue weighted by Gasteiger charge is -2.36. The monoisotopic (exact) mass is 346 g/mol. The Morgan fingerprint density at radius 2 is 2.08 bits per heavy atom. The van der Waals surface area contributed by atoms with Gasteiger partial charge in [0.2, 0.25) is 0 Å². The van der Waals surface area contributed by atoms with Crippen molar-refractivity contribution in [1.29, 1.82) is 0 Å². The second-order valence-electron chi connectivity index (χ2n) is 7.69. The molecule has 1 saturated heterocycles. The van der Waals surface area contributed by atoms with Crippen molar-refractivity contribution in [3.05, 3.63) is 35.4 Å². The number of fused-ring (bicyclic) bond motifs is 1. The van der Waals surface area contributed by atoms with Crippen LogP contribution >= 0.6 is 0 Å². The zero-order valence-electron chi connectivity index (χ0n) is 15.3. The van der Waals surface area contributed by atoms with Gasteiger partial charge in [0.05, 0.1) is 18.2 Å². The van der Waals surface area contributed by atoms with E-state index in [9.17, 15) is 9.90 Å². The third kappa shape index (κ3) is 4.33. The van der Waals surface area contributed by atoms with E-state index in [4.69, 9.17) is 4.74 Å². The molecule has 2 atom stereocenters. The van der Waals surface area contributed by atoms with Gasteiger partial charge in [0.1, 0.15) is 0 Å². The van der Waals surface area contributed by atoms with Crippen molar-refractivity contribution in [3.63, 3.8) is 0 Å².